The van der Waals surface area contributed by atoms with Gasteiger partial charge in [0.2, 0.25) is 0 Å². The Hall–Kier alpha value is -0.0400. The van der Waals surface area contributed by atoms with E-state index in [-0.39, 0.29) is 0 Å². The molecule has 0 aromatic heterocycles. The van der Waals surface area contributed by atoms with Crippen LogP contribution in [0.1, 0.15) is 40.5 Å². The maximum Gasteiger partial charge on any atom is -0.00206 e. The van der Waals surface area contributed by atoms with Crippen molar-refractivity contribution in [2.75, 3.05) is 13.1 Å². The van der Waals surface area contributed by atoms with Crippen LogP contribution >= 0.6 is 0 Å². The van der Waals surface area contributed by atoms with Gasteiger partial charge in [0.05, 0.1) is 0 Å². The second-order valence-electron chi connectivity index (χ2n) is 3.57. The summed E-state index contributed by atoms with van der Waals surface area (Å²) in [6.45, 7) is 11.5. The van der Waals surface area contributed by atoms with Crippen molar-refractivity contribution >= 4 is 0 Å². The van der Waals surface area contributed by atoms with Gasteiger partial charge < -0.3 is 5.32 Å². The number of hydrogen-bond acceptors (Lipinski definition) is 1. The first-order valence-electron chi connectivity index (χ1n) is 4.93. The van der Waals surface area contributed by atoms with Crippen LogP contribution in [0.15, 0.2) is 0 Å². The molecule has 2 atom stereocenters. The summed E-state index contributed by atoms with van der Waals surface area (Å²) in [5.41, 5.74) is 0. The molecule has 68 valence electrons. The third kappa shape index (κ3) is 5.25. The van der Waals surface area contributed by atoms with E-state index in [0.717, 1.165) is 11.8 Å². The molecule has 0 aromatic carbocycles. The van der Waals surface area contributed by atoms with Crippen molar-refractivity contribution < 1.29 is 0 Å². The van der Waals surface area contributed by atoms with Gasteiger partial charge in [0, 0.05) is 0 Å². The zero-order valence-corrected chi connectivity index (χ0v) is 8.48. The zero-order valence-electron chi connectivity index (χ0n) is 8.48. The highest BCUT2D eigenvalue weighted by Gasteiger charge is 2.08. The Bertz CT molecular complexity index is 80.9. The summed E-state index contributed by atoms with van der Waals surface area (Å²) in [5.74, 6) is 1.69. The van der Waals surface area contributed by atoms with Crippen molar-refractivity contribution in [2.45, 2.75) is 40.5 Å². The van der Waals surface area contributed by atoms with E-state index in [9.17, 15) is 0 Å². The fraction of sp³-hybridized carbons (Fsp3) is 1.00. The lowest BCUT2D eigenvalue weighted by molar-refractivity contribution is 0.358. The predicted molar refractivity (Wildman–Crippen MR) is 51.8 cm³/mol. The SMILES string of the molecule is CCCNCC(C)C(C)CC. The second-order valence-corrected chi connectivity index (χ2v) is 3.57. The van der Waals surface area contributed by atoms with Crippen molar-refractivity contribution in [1.82, 2.24) is 5.32 Å². The summed E-state index contributed by atoms with van der Waals surface area (Å²) in [5, 5.41) is 3.45. The Labute approximate surface area is 71.6 Å². The fourth-order valence-corrected chi connectivity index (χ4v) is 1.11. The predicted octanol–water partition coefficient (Wildman–Crippen LogP) is 2.67. The van der Waals surface area contributed by atoms with E-state index in [0.29, 0.717) is 0 Å². The van der Waals surface area contributed by atoms with Crippen LogP contribution in [0.3, 0.4) is 0 Å². The minimum Gasteiger partial charge on any atom is -0.316 e. The Morgan fingerprint density at radius 2 is 1.73 bits per heavy atom. The molecule has 0 aliphatic rings. The van der Waals surface area contributed by atoms with Crippen LogP contribution in [0.5, 0.6) is 0 Å². The summed E-state index contributed by atoms with van der Waals surface area (Å²) >= 11 is 0. The second kappa shape index (κ2) is 6.66. The van der Waals surface area contributed by atoms with E-state index >= 15 is 0 Å². The maximum absolute atomic E-state index is 3.45. The summed E-state index contributed by atoms with van der Waals surface area (Å²) in [7, 11) is 0. The molecule has 1 nitrogen and oxygen atoms in total. The van der Waals surface area contributed by atoms with E-state index < -0.39 is 0 Å². The Kier molecular flexibility index (Phi) is 6.63. The molecule has 1 N–H and O–H groups in total. The molecule has 0 fully saturated rings. The summed E-state index contributed by atoms with van der Waals surface area (Å²) < 4.78 is 0. The normalized spacial score (nSPS) is 16.4. The monoisotopic (exact) mass is 157 g/mol. The molecule has 1 heteroatoms. The third-order valence-corrected chi connectivity index (χ3v) is 2.51. The fourth-order valence-electron chi connectivity index (χ4n) is 1.11. The molecule has 0 bridgehead atoms. The molecule has 0 radical (unpaired) electrons. The Balaban J connectivity index is 3.28. The van der Waals surface area contributed by atoms with Crippen molar-refractivity contribution in [3.63, 3.8) is 0 Å². The molecule has 0 heterocycles. The maximum atomic E-state index is 3.45. The number of nitrogens with one attached hydrogen (secondary N) is 1. The van der Waals surface area contributed by atoms with Crippen molar-refractivity contribution in [3.05, 3.63) is 0 Å². The van der Waals surface area contributed by atoms with Crippen LogP contribution in [-0.2, 0) is 0 Å². The van der Waals surface area contributed by atoms with Crippen molar-refractivity contribution in [2.24, 2.45) is 11.8 Å². The van der Waals surface area contributed by atoms with Crippen LogP contribution in [0.4, 0.5) is 0 Å². The molecular formula is C10H23N. The molecular weight excluding hydrogens is 134 g/mol. The average molecular weight is 157 g/mol. The van der Waals surface area contributed by atoms with Gasteiger partial charge in [0.25, 0.3) is 0 Å². The Morgan fingerprint density at radius 3 is 2.18 bits per heavy atom. The first-order valence-corrected chi connectivity index (χ1v) is 4.93. The molecule has 0 amide bonds. The molecule has 11 heavy (non-hydrogen) atoms. The van der Waals surface area contributed by atoms with E-state index in [1.165, 1.54) is 25.9 Å². The first kappa shape index (κ1) is 11.0. The first-order chi connectivity index (χ1) is 5.22. The highest BCUT2D eigenvalue weighted by molar-refractivity contribution is 4.62. The van der Waals surface area contributed by atoms with E-state index in [1.807, 2.05) is 0 Å². The van der Waals surface area contributed by atoms with Crippen LogP contribution < -0.4 is 5.32 Å². The van der Waals surface area contributed by atoms with Gasteiger partial charge in [-0.15, -0.1) is 0 Å². The van der Waals surface area contributed by atoms with Crippen LogP contribution in [-0.4, -0.2) is 13.1 Å². The van der Waals surface area contributed by atoms with E-state index in [2.05, 4.69) is 33.0 Å². The molecule has 0 aromatic rings. The standard InChI is InChI=1S/C10H23N/c1-5-7-11-8-10(4)9(3)6-2/h9-11H,5-8H2,1-4H3. The van der Waals surface area contributed by atoms with Gasteiger partial charge in [-0.2, -0.15) is 0 Å². The van der Waals surface area contributed by atoms with Crippen molar-refractivity contribution in [1.29, 1.82) is 0 Å². The van der Waals surface area contributed by atoms with Gasteiger partial charge in [-0.1, -0.05) is 34.1 Å². The lowest BCUT2D eigenvalue weighted by Gasteiger charge is -2.18. The summed E-state index contributed by atoms with van der Waals surface area (Å²) in [6, 6.07) is 0. The lowest BCUT2D eigenvalue weighted by atomic mass is 9.94. The van der Waals surface area contributed by atoms with Gasteiger partial charge in [-0.05, 0) is 31.3 Å². The molecule has 2 unspecified atom stereocenters. The minimum atomic E-state index is 0.826. The van der Waals surface area contributed by atoms with Gasteiger partial charge in [-0.3, -0.25) is 0 Å². The molecule has 0 rings (SSSR count). The summed E-state index contributed by atoms with van der Waals surface area (Å²) in [6.07, 6.45) is 2.54. The van der Waals surface area contributed by atoms with Crippen LogP contribution in [0.2, 0.25) is 0 Å². The minimum absolute atomic E-state index is 0.826. The highest BCUT2D eigenvalue weighted by Crippen LogP contribution is 2.12. The van der Waals surface area contributed by atoms with Crippen LogP contribution in [0.25, 0.3) is 0 Å². The largest absolute Gasteiger partial charge is 0.316 e. The third-order valence-electron chi connectivity index (χ3n) is 2.51. The molecule has 0 saturated heterocycles. The number of hydrogen-bond donors (Lipinski definition) is 1. The van der Waals surface area contributed by atoms with Crippen molar-refractivity contribution in [3.8, 4) is 0 Å². The molecule has 0 saturated carbocycles. The quantitative estimate of drug-likeness (QED) is 0.584. The molecule has 0 spiro atoms. The van der Waals surface area contributed by atoms with Gasteiger partial charge in [0.1, 0.15) is 0 Å². The van der Waals surface area contributed by atoms with Gasteiger partial charge >= 0.3 is 0 Å². The van der Waals surface area contributed by atoms with E-state index in [1.54, 1.807) is 0 Å². The molecule has 0 aliphatic carbocycles. The lowest BCUT2D eigenvalue weighted by Crippen LogP contribution is -2.25. The smallest absolute Gasteiger partial charge is 0.00206 e. The Morgan fingerprint density at radius 1 is 1.09 bits per heavy atom. The highest BCUT2D eigenvalue weighted by atomic mass is 14.8. The van der Waals surface area contributed by atoms with Gasteiger partial charge in [-0.25, -0.2) is 0 Å². The van der Waals surface area contributed by atoms with Gasteiger partial charge in [0.15, 0.2) is 0 Å². The average Bonchev–Trinajstić information content (AvgIpc) is 2.03. The van der Waals surface area contributed by atoms with E-state index in [4.69, 9.17) is 0 Å². The molecule has 0 aliphatic heterocycles. The topological polar surface area (TPSA) is 12.0 Å². The number of rotatable bonds is 6. The zero-order chi connectivity index (χ0) is 8.69. The van der Waals surface area contributed by atoms with Crippen LogP contribution in [0, 0.1) is 11.8 Å². The summed E-state index contributed by atoms with van der Waals surface area (Å²) in [4.78, 5) is 0.